The summed E-state index contributed by atoms with van der Waals surface area (Å²) in [6.45, 7) is 0. The molecule has 0 spiro atoms. The van der Waals surface area contributed by atoms with Crippen LogP contribution in [0.25, 0.3) is 27.6 Å². The molecule has 0 aliphatic heterocycles. The number of halogens is 1. The molecular formula is C25H20FN3O2. The maximum absolute atomic E-state index is 13.8. The Morgan fingerprint density at radius 2 is 2.00 bits per heavy atom. The van der Waals surface area contributed by atoms with E-state index in [4.69, 9.17) is 4.74 Å². The van der Waals surface area contributed by atoms with E-state index in [9.17, 15) is 9.18 Å². The summed E-state index contributed by atoms with van der Waals surface area (Å²) in [7, 11) is 3.32. The SMILES string of the molecule is COC(=O)c1cc(C2=CC2)cnc1Nc1ccc2c(c1)c(-c1cccc(F)c1)cn2C. The van der Waals surface area contributed by atoms with Crippen molar-refractivity contribution in [2.75, 3.05) is 12.4 Å². The fraction of sp³-hybridized carbons (Fsp3) is 0.120. The van der Waals surface area contributed by atoms with Crippen molar-refractivity contribution < 1.29 is 13.9 Å². The molecule has 5 rings (SSSR count). The summed E-state index contributed by atoms with van der Waals surface area (Å²) in [4.78, 5) is 16.8. The number of pyridine rings is 1. The predicted octanol–water partition coefficient (Wildman–Crippen LogP) is 5.70. The zero-order valence-corrected chi connectivity index (χ0v) is 17.1. The third kappa shape index (κ3) is 3.57. The molecule has 154 valence electrons. The Kier molecular flexibility index (Phi) is 4.55. The number of hydrogen-bond donors (Lipinski definition) is 1. The van der Waals surface area contributed by atoms with E-state index in [1.807, 2.05) is 42.1 Å². The van der Waals surface area contributed by atoms with Crippen LogP contribution in [0.5, 0.6) is 0 Å². The van der Waals surface area contributed by atoms with Crippen molar-refractivity contribution in [3.63, 3.8) is 0 Å². The Morgan fingerprint density at radius 3 is 2.74 bits per heavy atom. The number of methoxy groups -OCH3 is 1. The molecule has 6 heteroatoms. The molecule has 1 aliphatic carbocycles. The lowest BCUT2D eigenvalue weighted by molar-refractivity contribution is 0.0601. The molecule has 0 saturated carbocycles. The first-order valence-electron chi connectivity index (χ1n) is 9.93. The topological polar surface area (TPSA) is 56.1 Å². The summed E-state index contributed by atoms with van der Waals surface area (Å²) in [6, 6.07) is 14.3. The number of carbonyl (C=O) groups is 1. The van der Waals surface area contributed by atoms with Gasteiger partial charge in [0.25, 0.3) is 0 Å². The first-order chi connectivity index (χ1) is 15.0. The molecule has 0 saturated heterocycles. The van der Waals surface area contributed by atoms with Crippen LogP contribution >= 0.6 is 0 Å². The normalized spacial score (nSPS) is 12.5. The van der Waals surface area contributed by atoms with E-state index in [1.54, 1.807) is 18.3 Å². The largest absolute Gasteiger partial charge is 0.465 e. The van der Waals surface area contributed by atoms with Crippen LogP contribution in [0.3, 0.4) is 0 Å². The van der Waals surface area contributed by atoms with Gasteiger partial charge < -0.3 is 14.6 Å². The first-order valence-corrected chi connectivity index (χ1v) is 9.93. The number of carbonyl (C=O) groups excluding carboxylic acids is 1. The van der Waals surface area contributed by atoms with Gasteiger partial charge in [-0.3, -0.25) is 0 Å². The average molecular weight is 413 g/mol. The van der Waals surface area contributed by atoms with Gasteiger partial charge in [0.15, 0.2) is 0 Å². The molecular weight excluding hydrogens is 393 g/mol. The molecule has 2 heterocycles. The molecule has 1 N–H and O–H groups in total. The molecule has 2 aromatic heterocycles. The number of benzene rings is 2. The van der Waals surface area contributed by atoms with Crippen molar-refractivity contribution in [1.82, 2.24) is 9.55 Å². The van der Waals surface area contributed by atoms with Crippen LogP contribution in [-0.2, 0) is 11.8 Å². The van der Waals surface area contributed by atoms with Gasteiger partial charge in [0, 0.05) is 41.6 Å². The maximum atomic E-state index is 13.8. The Balaban J connectivity index is 1.57. The van der Waals surface area contributed by atoms with Gasteiger partial charge in [0.2, 0.25) is 0 Å². The number of aryl methyl sites for hydroxylation is 1. The minimum absolute atomic E-state index is 0.276. The van der Waals surface area contributed by atoms with E-state index in [1.165, 1.54) is 24.8 Å². The van der Waals surface area contributed by atoms with Crippen molar-refractivity contribution in [3.8, 4) is 11.1 Å². The van der Waals surface area contributed by atoms with Crippen molar-refractivity contribution in [2.24, 2.45) is 7.05 Å². The molecule has 0 amide bonds. The minimum atomic E-state index is -0.445. The van der Waals surface area contributed by atoms with Gasteiger partial charge in [-0.05, 0) is 59.5 Å². The number of anilines is 2. The van der Waals surface area contributed by atoms with E-state index in [2.05, 4.69) is 16.4 Å². The molecule has 0 bridgehead atoms. The predicted molar refractivity (Wildman–Crippen MR) is 120 cm³/mol. The van der Waals surface area contributed by atoms with Gasteiger partial charge >= 0.3 is 5.97 Å². The molecule has 4 aromatic rings. The van der Waals surface area contributed by atoms with Crippen LogP contribution < -0.4 is 5.32 Å². The number of nitrogens with zero attached hydrogens (tertiary/aromatic N) is 2. The summed E-state index contributed by atoms with van der Waals surface area (Å²) in [5.74, 6) is -0.291. The van der Waals surface area contributed by atoms with E-state index in [0.717, 1.165) is 39.7 Å². The summed E-state index contributed by atoms with van der Waals surface area (Å²) in [6.07, 6.45) is 6.75. The number of ether oxygens (including phenoxy) is 1. The lowest BCUT2D eigenvalue weighted by Gasteiger charge is -2.11. The molecule has 31 heavy (non-hydrogen) atoms. The zero-order chi connectivity index (χ0) is 21.5. The van der Waals surface area contributed by atoms with Crippen molar-refractivity contribution in [1.29, 1.82) is 0 Å². The fourth-order valence-corrected chi connectivity index (χ4v) is 3.78. The Labute approximate surface area is 178 Å². The van der Waals surface area contributed by atoms with Crippen LogP contribution in [0, 0.1) is 5.82 Å². The van der Waals surface area contributed by atoms with Gasteiger partial charge in [-0.1, -0.05) is 18.2 Å². The third-order valence-electron chi connectivity index (χ3n) is 5.46. The number of rotatable bonds is 5. The van der Waals surface area contributed by atoms with Crippen molar-refractivity contribution in [3.05, 3.63) is 83.9 Å². The third-order valence-corrected chi connectivity index (χ3v) is 5.46. The van der Waals surface area contributed by atoms with E-state index < -0.39 is 5.97 Å². The molecule has 1 aliphatic rings. The number of aromatic nitrogens is 2. The number of allylic oxidation sites excluding steroid dienone is 2. The Hall–Kier alpha value is -3.93. The van der Waals surface area contributed by atoms with Crippen LogP contribution in [0.15, 0.2) is 67.0 Å². The number of hydrogen-bond acceptors (Lipinski definition) is 4. The zero-order valence-electron chi connectivity index (χ0n) is 17.1. The Bertz CT molecular complexity index is 1370. The van der Waals surface area contributed by atoms with Crippen molar-refractivity contribution >= 4 is 34.0 Å². The molecule has 0 fully saturated rings. The molecule has 0 atom stereocenters. The maximum Gasteiger partial charge on any atom is 0.341 e. The summed E-state index contributed by atoms with van der Waals surface area (Å²) in [5.41, 5.74) is 6.00. The monoisotopic (exact) mass is 413 g/mol. The second-order valence-corrected chi connectivity index (χ2v) is 7.57. The summed E-state index contributed by atoms with van der Waals surface area (Å²) >= 11 is 0. The first kappa shape index (κ1) is 19.1. The van der Waals surface area contributed by atoms with Gasteiger partial charge in [-0.2, -0.15) is 0 Å². The fourth-order valence-electron chi connectivity index (χ4n) is 3.78. The van der Waals surface area contributed by atoms with Crippen LogP contribution in [-0.4, -0.2) is 22.6 Å². The summed E-state index contributed by atoms with van der Waals surface area (Å²) in [5, 5.41) is 4.22. The van der Waals surface area contributed by atoms with E-state index in [0.29, 0.717) is 11.4 Å². The van der Waals surface area contributed by atoms with E-state index in [-0.39, 0.29) is 5.82 Å². The number of nitrogens with one attached hydrogen (secondary N) is 1. The van der Waals surface area contributed by atoms with Gasteiger partial charge in [0.1, 0.15) is 17.2 Å². The second-order valence-electron chi connectivity index (χ2n) is 7.57. The lowest BCUT2D eigenvalue weighted by Crippen LogP contribution is -2.08. The molecule has 0 unspecified atom stereocenters. The van der Waals surface area contributed by atoms with E-state index >= 15 is 0 Å². The van der Waals surface area contributed by atoms with Crippen molar-refractivity contribution in [2.45, 2.75) is 6.42 Å². The highest BCUT2D eigenvalue weighted by atomic mass is 19.1. The molecule has 0 radical (unpaired) electrons. The number of esters is 1. The highest BCUT2D eigenvalue weighted by molar-refractivity contribution is 6.00. The molecule has 5 nitrogen and oxygen atoms in total. The lowest BCUT2D eigenvalue weighted by atomic mass is 10.0. The highest BCUT2D eigenvalue weighted by Crippen LogP contribution is 2.35. The smallest absolute Gasteiger partial charge is 0.341 e. The minimum Gasteiger partial charge on any atom is -0.465 e. The van der Waals surface area contributed by atoms with Crippen LogP contribution in [0.4, 0.5) is 15.9 Å². The molecule has 2 aromatic carbocycles. The standard InChI is InChI=1S/C25H20FN3O2/c1-29-14-22(16-4-3-5-18(26)10-16)20-12-19(8-9-23(20)29)28-24-21(25(30)31-2)11-17(13-27-24)15-6-7-15/h3-6,8-14H,7H2,1-2H3,(H,27,28). The summed E-state index contributed by atoms with van der Waals surface area (Å²) < 4.78 is 20.8. The van der Waals surface area contributed by atoms with Crippen LogP contribution in [0.1, 0.15) is 22.3 Å². The number of fused-ring (bicyclic) bond motifs is 1. The quantitative estimate of drug-likeness (QED) is 0.427. The van der Waals surface area contributed by atoms with Crippen LogP contribution in [0.2, 0.25) is 0 Å². The van der Waals surface area contributed by atoms with Gasteiger partial charge in [0.05, 0.1) is 7.11 Å². The van der Waals surface area contributed by atoms with Gasteiger partial charge in [-0.25, -0.2) is 14.2 Å². The second kappa shape index (κ2) is 7.40. The average Bonchev–Trinajstić information content (AvgIpc) is 3.57. The van der Waals surface area contributed by atoms with Gasteiger partial charge in [-0.15, -0.1) is 0 Å². The Morgan fingerprint density at radius 1 is 1.16 bits per heavy atom. The highest BCUT2D eigenvalue weighted by Gasteiger charge is 2.19.